The Bertz CT molecular complexity index is 840. The number of hydrogen-bond donors (Lipinski definition) is 2. The van der Waals surface area contributed by atoms with E-state index in [1.54, 1.807) is 23.9 Å². The second-order valence-corrected chi connectivity index (χ2v) is 8.64. The van der Waals surface area contributed by atoms with Gasteiger partial charge in [0.1, 0.15) is 0 Å². The Hall–Kier alpha value is -2.18. The number of piperazine rings is 1. The second-order valence-electron chi connectivity index (χ2n) is 6.58. The number of anilines is 2. The number of halogens is 1. The van der Waals surface area contributed by atoms with Crippen LogP contribution in [0.2, 0.25) is 5.02 Å². The van der Waals surface area contributed by atoms with Gasteiger partial charge in [0.15, 0.2) is 0 Å². The van der Waals surface area contributed by atoms with Gasteiger partial charge in [0, 0.05) is 34.5 Å². The summed E-state index contributed by atoms with van der Waals surface area (Å²) >= 11 is 8.14. The minimum absolute atomic E-state index is 0.0197. The lowest BCUT2D eigenvalue weighted by Crippen LogP contribution is -2.47. The summed E-state index contributed by atoms with van der Waals surface area (Å²) in [6.45, 7) is 5.85. The van der Waals surface area contributed by atoms with Crippen molar-refractivity contribution in [3.8, 4) is 0 Å². The summed E-state index contributed by atoms with van der Waals surface area (Å²) in [5, 5.41) is 6.66. The van der Waals surface area contributed by atoms with Crippen molar-refractivity contribution in [2.24, 2.45) is 0 Å². The first-order chi connectivity index (χ1) is 12.9. The van der Waals surface area contributed by atoms with Crippen LogP contribution >= 0.6 is 23.4 Å². The molecule has 0 saturated carbocycles. The van der Waals surface area contributed by atoms with Crippen molar-refractivity contribution in [3.63, 3.8) is 0 Å². The molecule has 0 spiro atoms. The summed E-state index contributed by atoms with van der Waals surface area (Å²) in [7, 11) is 0. The third-order valence-corrected chi connectivity index (χ3v) is 5.39. The van der Waals surface area contributed by atoms with E-state index in [9.17, 15) is 9.59 Å². The van der Waals surface area contributed by atoms with Crippen molar-refractivity contribution in [2.75, 3.05) is 29.9 Å². The standard InChI is InChI=1S/C20H22ClN3O2S/c1-13(2)27-16-6-3-14(4-7-16)20(26)23-15-5-8-18(17(21)11-15)24-10-9-22-19(25)12-24/h3-8,11,13H,9-10,12H2,1-2H3,(H,22,25)(H,23,26). The molecular formula is C20H22ClN3O2S. The van der Waals surface area contributed by atoms with E-state index < -0.39 is 0 Å². The molecule has 3 rings (SSSR count). The van der Waals surface area contributed by atoms with Crippen molar-refractivity contribution >= 4 is 46.6 Å². The molecule has 2 N–H and O–H groups in total. The van der Waals surface area contributed by atoms with Crippen LogP contribution in [-0.4, -0.2) is 36.7 Å². The molecule has 2 amide bonds. The van der Waals surface area contributed by atoms with Gasteiger partial charge in [0.25, 0.3) is 5.91 Å². The summed E-state index contributed by atoms with van der Waals surface area (Å²) in [6.07, 6.45) is 0. The fourth-order valence-corrected chi connectivity index (χ4v) is 3.98. The average Bonchev–Trinajstić information content (AvgIpc) is 2.62. The van der Waals surface area contributed by atoms with Crippen LogP contribution in [0, 0.1) is 0 Å². The van der Waals surface area contributed by atoms with Crippen LogP contribution in [0.3, 0.4) is 0 Å². The third kappa shape index (κ3) is 5.17. The molecule has 0 unspecified atom stereocenters. The van der Waals surface area contributed by atoms with Crippen molar-refractivity contribution in [1.82, 2.24) is 5.32 Å². The molecule has 1 aliphatic heterocycles. The van der Waals surface area contributed by atoms with Crippen LogP contribution in [0.1, 0.15) is 24.2 Å². The lowest BCUT2D eigenvalue weighted by atomic mass is 10.2. The van der Waals surface area contributed by atoms with Gasteiger partial charge in [-0.25, -0.2) is 0 Å². The number of thioether (sulfide) groups is 1. The number of nitrogens with zero attached hydrogens (tertiary/aromatic N) is 1. The van der Waals surface area contributed by atoms with E-state index in [1.165, 1.54) is 0 Å². The predicted octanol–water partition coefficient (Wildman–Crippen LogP) is 4.03. The zero-order valence-corrected chi connectivity index (χ0v) is 16.9. The first-order valence-corrected chi connectivity index (χ1v) is 10.1. The van der Waals surface area contributed by atoms with Crippen molar-refractivity contribution in [3.05, 3.63) is 53.1 Å². The highest BCUT2D eigenvalue weighted by atomic mass is 35.5. The highest BCUT2D eigenvalue weighted by Crippen LogP contribution is 2.29. The molecule has 0 aromatic heterocycles. The number of rotatable bonds is 5. The summed E-state index contributed by atoms with van der Waals surface area (Å²) < 4.78 is 0. The van der Waals surface area contributed by atoms with Crippen molar-refractivity contribution in [2.45, 2.75) is 24.0 Å². The molecule has 7 heteroatoms. The van der Waals surface area contributed by atoms with Gasteiger partial charge in [0.2, 0.25) is 5.91 Å². The minimum atomic E-state index is -0.183. The molecule has 5 nitrogen and oxygen atoms in total. The highest BCUT2D eigenvalue weighted by molar-refractivity contribution is 7.99. The molecule has 1 heterocycles. The first-order valence-electron chi connectivity index (χ1n) is 8.81. The van der Waals surface area contributed by atoms with Crippen molar-refractivity contribution in [1.29, 1.82) is 0 Å². The third-order valence-electron chi connectivity index (χ3n) is 4.07. The van der Waals surface area contributed by atoms with E-state index in [0.29, 0.717) is 34.6 Å². The summed E-state index contributed by atoms with van der Waals surface area (Å²) in [5.74, 6) is -0.203. The SMILES string of the molecule is CC(C)Sc1ccc(C(=O)Nc2ccc(N3CCNC(=O)C3)c(Cl)c2)cc1. The molecule has 0 radical (unpaired) electrons. The quantitative estimate of drug-likeness (QED) is 0.740. The fraction of sp³-hybridized carbons (Fsp3) is 0.300. The Balaban J connectivity index is 1.67. The minimum Gasteiger partial charge on any atom is -0.359 e. The maximum absolute atomic E-state index is 12.5. The number of hydrogen-bond acceptors (Lipinski definition) is 4. The van der Waals surface area contributed by atoms with Gasteiger partial charge in [-0.1, -0.05) is 25.4 Å². The fourth-order valence-electron chi connectivity index (χ4n) is 2.85. The number of nitrogens with one attached hydrogen (secondary N) is 2. The lowest BCUT2D eigenvalue weighted by Gasteiger charge is -2.29. The Morgan fingerprint density at radius 3 is 2.59 bits per heavy atom. The molecule has 1 aliphatic rings. The molecule has 1 fully saturated rings. The Morgan fingerprint density at radius 1 is 1.22 bits per heavy atom. The number of benzene rings is 2. The monoisotopic (exact) mass is 403 g/mol. The molecule has 0 aliphatic carbocycles. The normalized spacial score (nSPS) is 14.2. The van der Waals surface area contributed by atoms with Crippen LogP contribution in [-0.2, 0) is 4.79 Å². The Morgan fingerprint density at radius 2 is 1.96 bits per heavy atom. The second kappa shape index (κ2) is 8.67. The van der Waals surface area contributed by atoms with Gasteiger partial charge in [-0.05, 0) is 42.5 Å². The van der Waals surface area contributed by atoms with Gasteiger partial charge in [0.05, 0.1) is 17.3 Å². The van der Waals surface area contributed by atoms with E-state index in [2.05, 4.69) is 24.5 Å². The molecule has 2 aromatic rings. The van der Waals surface area contributed by atoms with Crippen LogP contribution < -0.4 is 15.5 Å². The van der Waals surface area contributed by atoms with E-state index in [4.69, 9.17) is 11.6 Å². The summed E-state index contributed by atoms with van der Waals surface area (Å²) in [4.78, 5) is 27.1. The zero-order valence-electron chi connectivity index (χ0n) is 15.3. The van der Waals surface area contributed by atoms with Gasteiger partial charge in [-0.2, -0.15) is 0 Å². The predicted molar refractivity (Wildman–Crippen MR) is 112 cm³/mol. The largest absolute Gasteiger partial charge is 0.359 e. The van der Waals surface area contributed by atoms with E-state index >= 15 is 0 Å². The van der Waals surface area contributed by atoms with E-state index in [-0.39, 0.29) is 18.4 Å². The Kier molecular flexibility index (Phi) is 6.29. The van der Waals surface area contributed by atoms with E-state index in [0.717, 1.165) is 10.6 Å². The zero-order chi connectivity index (χ0) is 19.4. The summed E-state index contributed by atoms with van der Waals surface area (Å²) in [5.41, 5.74) is 2.01. The molecule has 0 bridgehead atoms. The topological polar surface area (TPSA) is 61.4 Å². The van der Waals surface area contributed by atoms with Crippen LogP contribution in [0.25, 0.3) is 0 Å². The van der Waals surface area contributed by atoms with Crippen LogP contribution in [0.15, 0.2) is 47.4 Å². The Labute approximate surface area is 168 Å². The van der Waals surface area contributed by atoms with Crippen LogP contribution in [0.4, 0.5) is 11.4 Å². The maximum atomic E-state index is 12.5. The highest BCUT2D eigenvalue weighted by Gasteiger charge is 2.19. The molecule has 2 aromatic carbocycles. The molecule has 142 valence electrons. The number of amides is 2. The molecule has 1 saturated heterocycles. The first kappa shape index (κ1) is 19.6. The van der Waals surface area contributed by atoms with Crippen LogP contribution in [0.5, 0.6) is 0 Å². The van der Waals surface area contributed by atoms with Gasteiger partial charge in [-0.15, -0.1) is 11.8 Å². The lowest BCUT2D eigenvalue weighted by molar-refractivity contribution is -0.120. The average molecular weight is 404 g/mol. The van der Waals surface area contributed by atoms with Gasteiger partial charge < -0.3 is 15.5 Å². The van der Waals surface area contributed by atoms with Crippen molar-refractivity contribution < 1.29 is 9.59 Å². The number of carbonyl (C=O) groups is 2. The maximum Gasteiger partial charge on any atom is 0.255 e. The van der Waals surface area contributed by atoms with Gasteiger partial charge >= 0.3 is 0 Å². The molecular weight excluding hydrogens is 382 g/mol. The molecule has 27 heavy (non-hydrogen) atoms. The molecule has 0 atom stereocenters. The number of carbonyl (C=O) groups excluding carboxylic acids is 2. The van der Waals surface area contributed by atoms with Gasteiger partial charge in [-0.3, -0.25) is 9.59 Å². The smallest absolute Gasteiger partial charge is 0.255 e. The van der Waals surface area contributed by atoms with E-state index in [1.807, 2.05) is 35.2 Å². The summed E-state index contributed by atoms with van der Waals surface area (Å²) in [6, 6.07) is 12.9.